The lowest BCUT2D eigenvalue weighted by Crippen LogP contribution is -2.19. The first-order valence-electron chi connectivity index (χ1n) is 6.58. The Labute approximate surface area is 130 Å². The van der Waals surface area contributed by atoms with Gasteiger partial charge in [0.2, 0.25) is 0 Å². The molecule has 2 aromatic rings. The van der Waals surface area contributed by atoms with Crippen LogP contribution in [0.1, 0.15) is 22.7 Å². The minimum atomic E-state index is -0.322. The number of nitrogens with one attached hydrogen (secondary N) is 1. The molecule has 112 valence electrons. The molecule has 21 heavy (non-hydrogen) atoms. The number of halogens is 1. The highest BCUT2D eigenvalue weighted by Gasteiger charge is 2.17. The number of nitro benzene ring substituents is 1. The summed E-state index contributed by atoms with van der Waals surface area (Å²) in [7, 11) is 1.87. The summed E-state index contributed by atoms with van der Waals surface area (Å²) >= 11 is 0. The number of benzene rings is 2. The van der Waals surface area contributed by atoms with Crippen molar-refractivity contribution in [1.29, 1.82) is 0 Å². The molecule has 0 saturated carbocycles. The van der Waals surface area contributed by atoms with Crippen molar-refractivity contribution in [1.82, 2.24) is 5.32 Å². The van der Waals surface area contributed by atoms with Gasteiger partial charge in [0, 0.05) is 17.7 Å². The Kier molecular flexibility index (Phi) is 6.34. The summed E-state index contributed by atoms with van der Waals surface area (Å²) in [5.74, 6) is 0. The molecule has 4 nitrogen and oxygen atoms in total. The van der Waals surface area contributed by atoms with E-state index in [4.69, 9.17) is 0 Å². The van der Waals surface area contributed by atoms with Gasteiger partial charge in [-0.05, 0) is 26.0 Å². The number of rotatable bonds is 5. The Morgan fingerprint density at radius 1 is 1.14 bits per heavy atom. The van der Waals surface area contributed by atoms with E-state index in [2.05, 4.69) is 29.6 Å². The van der Waals surface area contributed by atoms with Crippen LogP contribution in [0, 0.1) is 17.0 Å². The van der Waals surface area contributed by atoms with E-state index in [1.54, 1.807) is 12.1 Å². The van der Waals surface area contributed by atoms with E-state index in [0.29, 0.717) is 6.42 Å². The first-order valence-corrected chi connectivity index (χ1v) is 6.58. The zero-order chi connectivity index (χ0) is 14.5. The zero-order valence-corrected chi connectivity index (χ0v) is 12.9. The van der Waals surface area contributed by atoms with Gasteiger partial charge in [0.1, 0.15) is 0 Å². The predicted octanol–water partition coefficient (Wildman–Crippen LogP) is 3.83. The van der Waals surface area contributed by atoms with E-state index >= 15 is 0 Å². The van der Waals surface area contributed by atoms with E-state index in [-0.39, 0.29) is 29.1 Å². The molecule has 2 aromatic carbocycles. The monoisotopic (exact) mass is 306 g/mol. The average molecular weight is 307 g/mol. The van der Waals surface area contributed by atoms with Gasteiger partial charge in [-0.15, -0.1) is 12.4 Å². The van der Waals surface area contributed by atoms with Crippen molar-refractivity contribution >= 4 is 18.1 Å². The first-order chi connectivity index (χ1) is 9.61. The summed E-state index contributed by atoms with van der Waals surface area (Å²) < 4.78 is 0. The standard InChI is InChI=1S/C16H18N2O2.ClH/c1-12-7-9-13(10-8-12)15(17-2)11-14-5-3-4-6-16(14)18(19)20;/h3-10,15,17H,11H2,1-2H3;1H. The van der Waals surface area contributed by atoms with E-state index in [1.165, 1.54) is 5.56 Å². The van der Waals surface area contributed by atoms with Gasteiger partial charge in [-0.3, -0.25) is 10.1 Å². The zero-order valence-electron chi connectivity index (χ0n) is 12.1. The molecule has 1 unspecified atom stereocenters. The molecule has 0 heterocycles. The summed E-state index contributed by atoms with van der Waals surface area (Å²) in [4.78, 5) is 10.7. The van der Waals surface area contributed by atoms with E-state index in [1.807, 2.05) is 26.1 Å². The molecular formula is C16H19ClN2O2. The highest BCUT2D eigenvalue weighted by Crippen LogP contribution is 2.24. The smallest absolute Gasteiger partial charge is 0.272 e. The normalized spacial score (nSPS) is 11.5. The van der Waals surface area contributed by atoms with Gasteiger partial charge in [-0.2, -0.15) is 0 Å². The summed E-state index contributed by atoms with van der Waals surface area (Å²) in [5.41, 5.74) is 3.27. The third-order valence-corrected chi connectivity index (χ3v) is 3.44. The maximum absolute atomic E-state index is 11.1. The number of nitro groups is 1. The topological polar surface area (TPSA) is 55.2 Å². The van der Waals surface area contributed by atoms with Crippen LogP contribution in [0.4, 0.5) is 5.69 Å². The second kappa shape index (κ2) is 7.76. The Morgan fingerprint density at radius 2 is 1.76 bits per heavy atom. The van der Waals surface area contributed by atoms with E-state index in [9.17, 15) is 10.1 Å². The lowest BCUT2D eigenvalue weighted by atomic mass is 9.97. The maximum Gasteiger partial charge on any atom is 0.272 e. The molecular weight excluding hydrogens is 288 g/mol. The molecule has 0 spiro atoms. The quantitative estimate of drug-likeness (QED) is 0.674. The lowest BCUT2D eigenvalue weighted by molar-refractivity contribution is -0.385. The fraction of sp³-hybridized carbons (Fsp3) is 0.250. The molecule has 0 radical (unpaired) electrons. The Bertz CT molecular complexity index is 599. The molecule has 2 rings (SSSR count). The molecule has 0 fully saturated rings. The Balaban J connectivity index is 0.00000220. The minimum absolute atomic E-state index is 0. The van der Waals surface area contributed by atoms with Crippen LogP contribution < -0.4 is 5.32 Å². The van der Waals surface area contributed by atoms with E-state index < -0.39 is 0 Å². The van der Waals surface area contributed by atoms with Crippen LogP contribution in [0.25, 0.3) is 0 Å². The number of para-hydroxylation sites is 1. The van der Waals surface area contributed by atoms with Gasteiger partial charge < -0.3 is 5.32 Å². The molecule has 0 amide bonds. The number of hydrogen-bond donors (Lipinski definition) is 1. The van der Waals surface area contributed by atoms with Crippen molar-refractivity contribution in [3.05, 3.63) is 75.3 Å². The summed E-state index contributed by atoms with van der Waals surface area (Å²) in [6, 6.07) is 15.2. The number of nitrogens with zero attached hydrogens (tertiary/aromatic N) is 1. The summed E-state index contributed by atoms with van der Waals surface area (Å²) in [6.45, 7) is 2.04. The second-order valence-electron chi connectivity index (χ2n) is 4.84. The van der Waals surface area contributed by atoms with Gasteiger partial charge in [-0.1, -0.05) is 48.0 Å². The van der Waals surface area contributed by atoms with Gasteiger partial charge in [0.25, 0.3) is 5.69 Å². The van der Waals surface area contributed by atoms with Crippen molar-refractivity contribution < 1.29 is 4.92 Å². The molecule has 5 heteroatoms. The van der Waals surface area contributed by atoms with Crippen LogP contribution in [0.15, 0.2) is 48.5 Å². The molecule has 0 saturated heterocycles. The van der Waals surface area contributed by atoms with Gasteiger partial charge in [0.15, 0.2) is 0 Å². The van der Waals surface area contributed by atoms with Crippen molar-refractivity contribution in [2.45, 2.75) is 19.4 Å². The van der Waals surface area contributed by atoms with Crippen LogP contribution in [0.5, 0.6) is 0 Å². The van der Waals surface area contributed by atoms with Crippen molar-refractivity contribution in [3.63, 3.8) is 0 Å². The maximum atomic E-state index is 11.1. The molecule has 0 aliphatic carbocycles. The van der Waals surface area contributed by atoms with Gasteiger partial charge in [-0.25, -0.2) is 0 Å². The molecule has 0 aliphatic rings. The summed E-state index contributed by atoms with van der Waals surface area (Å²) in [5, 5.41) is 14.3. The third kappa shape index (κ3) is 4.28. The van der Waals surface area contributed by atoms with Crippen molar-refractivity contribution in [3.8, 4) is 0 Å². The number of aryl methyl sites for hydroxylation is 1. The Hall–Kier alpha value is -1.91. The molecule has 1 atom stereocenters. The fourth-order valence-electron chi connectivity index (χ4n) is 2.27. The molecule has 0 aliphatic heterocycles. The third-order valence-electron chi connectivity index (χ3n) is 3.44. The van der Waals surface area contributed by atoms with Crippen LogP contribution in [0.3, 0.4) is 0 Å². The average Bonchev–Trinajstić information content (AvgIpc) is 2.46. The number of likely N-dealkylation sites (N-methyl/N-ethyl adjacent to an activating group) is 1. The summed E-state index contributed by atoms with van der Waals surface area (Å²) in [6.07, 6.45) is 0.594. The fourth-order valence-corrected chi connectivity index (χ4v) is 2.27. The van der Waals surface area contributed by atoms with Crippen LogP contribution in [-0.2, 0) is 6.42 Å². The van der Waals surface area contributed by atoms with Crippen molar-refractivity contribution in [2.24, 2.45) is 0 Å². The van der Waals surface area contributed by atoms with Crippen LogP contribution >= 0.6 is 12.4 Å². The highest BCUT2D eigenvalue weighted by molar-refractivity contribution is 5.85. The first kappa shape index (κ1) is 17.1. The minimum Gasteiger partial charge on any atom is -0.313 e. The second-order valence-corrected chi connectivity index (χ2v) is 4.84. The molecule has 0 aromatic heterocycles. The van der Waals surface area contributed by atoms with Gasteiger partial charge >= 0.3 is 0 Å². The largest absolute Gasteiger partial charge is 0.313 e. The van der Waals surface area contributed by atoms with Crippen molar-refractivity contribution in [2.75, 3.05) is 7.05 Å². The predicted molar refractivity (Wildman–Crippen MR) is 87.0 cm³/mol. The van der Waals surface area contributed by atoms with Crippen LogP contribution in [0.2, 0.25) is 0 Å². The number of hydrogen-bond acceptors (Lipinski definition) is 3. The molecule has 0 bridgehead atoms. The SMILES string of the molecule is CNC(Cc1ccccc1[N+](=O)[O-])c1ccc(C)cc1.Cl. The molecule has 1 N–H and O–H groups in total. The highest BCUT2D eigenvalue weighted by atomic mass is 35.5. The Morgan fingerprint density at radius 3 is 2.33 bits per heavy atom. The lowest BCUT2D eigenvalue weighted by Gasteiger charge is -2.17. The van der Waals surface area contributed by atoms with Crippen LogP contribution in [-0.4, -0.2) is 12.0 Å². The van der Waals surface area contributed by atoms with Gasteiger partial charge in [0.05, 0.1) is 4.92 Å². The van der Waals surface area contributed by atoms with E-state index in [0.717, 1.165) is 11.1 Å².